The van der Waals surface area contributed by atoms with E-state index in [1.807, 2.05) is 99.8 Å². The molecule has 0 atom stereocenters. The van der Waals surface area contributed by atoms with Crippen LogP contribution in [0.15, 0.2) is 55.6 Å². The Bertz CT molecular complexity index is 1640. The van der Waals surface area contributed by atoms with E-state index in [9.17, 15) is 0 Å². The van der Waals surface area contributed by atoms with E-state index < -0.39 is 0 Å². The molecule has 212 valence electrons. The summed E-state index contributed by atoms with van der Waals surface area (Å²) in [7, 11) is 0. The summed E-state index contributed by atoms with van der Waals surface area (Å²) in [4.78, 5) is 25.8. The quantitative estimate of drug-likeness (QED) is 0.226. The highest BCUT2D eigenvalue weighted by Gasteiger charge is 2.18. The van der Waals surface area contributed by atoms with Crippen molar-refractivity contribution in [1.82, 2.24) is 43.1 Å². The van der Waals surface area contributed by atoms with Crippen molar-refractivity contribution in [2.45, 2.75) is 87.5 Å². The van der Waals surface area contributed by atoms with Gasteiger partial charge in [-0.15, -0.1) is 0 Å². The molecule has 9 heteroatoms. The van der Waals surface area contributed by atoms with Crippen molar-refractivity contribution in [1.29, 1.82) is 0 Å². The Hall–Kier alpha value is -4.14. The van der Waals surface area contributed by atoms with Crippen molar-refractivity contribution in [3.05, 3.63) is 89.8 Å². The molecule has 0 unspecified atom stereocenters. The molecule has 0 amide bonds. The minimum atomic E-state index is 0.114. The molecule has 0 aromatic carbocycles. The lowest BCUT2D eigenvalue weighted by atomic mass is 9.93. The van der Waals surface area contributed by atoms with Crippen LogP contribution in [0.2, 0.25) is 0 Å². The van der Waals surface area contributed by atoms with Gasteiger partial charge in [0.05, 0.1) is 29.0 Å². The van der Waals surface area contributed by atoms with E-state index in [0.717, 1.165) is 45.5 Å². The van der Waals surface area contributed by atoms with Gasteiger partial charge in [-0.3, -0.25) is 14.4 Å². The summed E-state index contributed by atoms with van der Waals surface area (Å²) >= 11 is 0. The summed E-state index contributed by atoms with van der Waals surface area (Å²) in [6.07, 6.45) is 15.3. The van der Waals surface area contributed by atoms with Crippen molar-refractivity contribution in [2.75, 3.05) is 0 Å². The van der Waals surface area contributed by atoms with Crippen molar-refractivity contribution >= 4 is 17.1 Å². The van der Waals surface area contributed by atoms with Crippen LogP contribution >= 0.6 is 0 Å². The molecule has 0 spiro atoms. The lowest BCUT2D eigenvalue weighted by Gasteiger charge is -2.17. The van der Waals surface area contributed by atoms with E-state index in [4.69, 9.17) is 0 Å². The van der Waals surface area contributed by atoms with E-state index in [-0.39, 0.29) is 5.41 Å². The molecular weight excluding hydrogens is 498 g/mol. The van der Waals surface area contributed by atoms with Crippen LogP contribution in [-0.2, 0) is 5.41 Å². The smallest absolute Gasteiger partial charge is 0.233 e. The van der Waals surface area contributed by atoms with Gasteiger partial charge in [0.1, 0.15) is 0 Å². The van der Waals surface area contributed by atoms with Crippen molar-refractivity contribution in [2.24, 2.45) is 0 Å². The molecule has 6 heterocycles. The Morgan fingerprint density at radius 1 is 0.725 bits per heavy atom. The van der Waals surface area contributed by atoms with Crippen LogP contribution in [0.1, 0.15) is 88.5 Å². The third-order valence-electron chi connectivity index (χ3n) is 6.10. The molecule has 0 aliphatic carbocycles. The van der Waals surface area contributed by atoms with Gasteiger partial charge < -0.3 is 8.80 Å². The first-order valence-corrected chi connectivity index (χ1v) is 13.8. The number of aryl methyl sites for hydroxylation is 4. The van der Waals surface area contributed by atoms with E-state index in [2.05, 4.69) is 68.9 Å². The predicted octanol–water partition coefficient (Wildman–Crippen LogP) is 6.87. The Labute approximate surface area is 237 Å². The molecule has 6 rings (SSSR count). The summed E-state index contributed by atoms with van der Waals surface area (Å²) in [5.74, 6) is 1.19. The Kier molecular flexibility index (Phi) is 9.74. The van der Waals surface area contributed by atoms with Crippen LogP contribution in [-0.4, -0.2) is 43.1 Å². The van der Waals surface area contributed by atoms with Crippen LogP contribution in [0, 0.1) is 27.7 Å². The number of hydrogen-bond donors (Lipinski definition) is 0. The Morgan fingerprint density at radius 3 is 2.05 bits per heavy atom. The molecule has 0 aliphatic rings. The van der Waals surface area contributed by atoms with Crippen LogP contribution in [0.25, 0.3) is 17.1 Å². The van der Waals surface area contributed by atoms with Crippen molar-refractivity contribution in [3.63, 3.8) is 0 Å². The monoisotopic (exact) mass is 541 g/mol. The molecule has 6 aromatic rings. The van der Waals surface area contributed by atoms with Gasteiger partial charge >= 0.3 is 0 Å². The molecule has 0 saturated heterocycles. The number of fused-ring (bicyclic) bond motifs is 3. The van der Waals surface area contributed by atoms with E-state index in [1.165, 1.54) is 5.69 Å². The molecule has 0 bridgehead atoms. The van der Waals surface area contributed by atoms with Crippen LogP contribution < -0.4 is 0 Å². The lowest BCUT2D eigenvalue weighted by Crippen LogP contribution is -2.14. The highest BCUT2D eigenvalue weighted by Crippen LogP contribution is 2.22. The number of aromatic nitrogens is 9. The summed E-state index contributed by atoms with van der Waals surface area (Å²) < 4.78 is 6.12. The van der Waals surface area contributed by atoms with Gasteiger partial charge in [0.15, 0.2) is 11.3 Å². The fourth-order valence-electron chi connectivity index (χ4n) is 4.18. The van der Waals surface area contributed by atoms with Gasteiger partial charge in [-0.05, 0) is 39.7 Å². The van der Waals surface area contributed by atoms with Crippen LogP contribution in [0.5, 0.6) is 0 Å². The molecule has 0 radical (unpaired) electrons. The predicted molar refractivity (Wildman–Crippen MR) is 162 cm³/mol. The normalized spacial score (nSPS) is 11.1. The molecule has 40 heavy (non-hydrogen) atoms. The third kappa shape index (κ3) is 6.89. The van der Waals surface area contributed by atoms with Crippen molar-refractivity contribution < 1.29 is 0 Å². The number of nitrogens with zero attached hydrogens (tertiary/aromatic N) is 9. The van der Waals surface area contributed by atoms with Gasteiger partial charge in [-0.25, -0.2) is 19.9 Å². The molecule has 6 aromatic heterocycles. The van der Waals surface area contributed by atoms with Gasteiger partial charge in [0.2, 0.25) is 5.78 Å². The molecular formula is C31H43N9. The summed E-state index contributed by atoms with van der Waals surface area (Å²) in [6, 6.07) is 1.92. The summed E-state index contributed by atoms with van der Waals surface area (Å²) in [5, 5.41) is 0. The average Bonchev–Trinajstić information content (AvgIpc) is 3.63. The topological polar surface area (TPSA) is 90.6 Å². The first-order valence-electron chi connectivity index (χ1n) is 13.8. The fraction of sp³-hybridized carbons (Fsp3) is 0.419. The summed E-state index contributed by atoms with van der Waals surface area (Å²) in [6.45, 7) is 22.8. The van der Waals surface area contributed by atoms with Gasteiger partial charge in [0, 0.05) is 60.2 Å². The number of rotatable bonds is 1. The Morgan fingerprint density at radius 2 is 1.40 bits per heavy atom. The largest absolute Gasteiger partial charge is 0.304 e. The number of imidazole rings is 3. The molecule has 0 fully saturated rings. The standard InChI is InChI=1S/2C10H13N3.C9H11N3.C2H6/c1-7(2)9-10-12-8(3)6-13(10)5-4-11-9;1-10(2,3)8-7-12-9-11-5-4-6-13(8)9;1-6-5-12-7(2)4-10-8(3)9(12)11-6;1-2/h2*4-7H,1-3H3;4-5H,1-3H3;1-2H3. The Balaban J connectivity index is 0.000000160. The number of hydrogen-bond acceptors (Lipinski definition) is 6. The minimum Gasteiger partial charge on any atom is -0.304 e. The van der Waals surface area contributed by atoms with Crippen LogP contribution in [0.3, 0.4) is 0 Å². The SMILES string of the molecule is CC.CC(C)(C)c1cnc2ncccn12.Cc1cn2c(C)cnc(C)c2n1.Cc1cn2ccnc(C(C)C)c2n1. The highest BCUT2D eigenvalue weighted by molar-refractivity contribution is 5.46. The van der Waals surface area contributed by atoms with E-state index in [1.54, 1.807) is 6.20 Å². The lowest BCUT2D eigenvalue weighted by molar-refractivity contribution is 0.563. The maximum Gasteiger partial charge on any atom is 0.233 e. The molecule has 0 N–H and O–H groups in total. The zero-order chi connectivity index (χ0) is 29.6. The zero-order valence-corrected chi connectivity index (χ0v) is 25.8. The minimum absolute atomic E-state index is 0.114. The zero-order valence-electron chi connectivity index (χ0n) is 25.8. The van der Waals surface area contributed by atoms with Crippen LogP contribution in [0.4, 0.5) is 0 Å². The maximum atomic E-state index is 4.43. The molecule has 9 nitrogen and oxygen atoms in total. The third-order valence-corrected chi connectivity index (χ3v) is 6.10. The molecule has 0 aliphatic heterocycles. The second kappa shape index (κ2) is 12.8. The second-order valence-corrected chi connectivity index (χ2v) is 10.8. The van der Waals surface area contributed by atoms with Gasteiger partial charge in [-0.2, -0.15) is 0 Å². The van der Waals surface area contributed by atoms with Crippen molar-refractivity contribution in [3.8, 4) is 0 Å². The highest BCUT2D eigenvalue weighted by atomic mass is 15.1. The summed E-state index contributed by atoms with van der Waals surface area (Å²) in [5.41, 5.74) is 8.49. The van der Waals surface area contributed by atoms with Gasteiger partial charge in [-0.1, -0.05) is 48.5 Å². The first-order chi connectivity index (χ1) is 19.0. The molecule has 0 saturated carbocycles. The first kappa shape index (κ1) is 30.4. The second-order valence-electron chi connectivity index (χ2n) is 10.8. The van der Waals surface area contributed by atoms with Gasteiger partial charge in [0.25, 0.3) is 0 Å². The fourth-order valence-corrected chi connectivity index (χ4v) is 4.18. The maximum absolute atomic E-state index is 4.43. The van der Waals surface area contributed by atoms with E-state index in [0.29, 0.717) is 5.92 Å². The average molecular weight is 542 g/mol. The van der Waals surface area contributed by atoms with E-state index >= 15 is 0 Å².